The van der Waals surface area contributed by atoms with Crippen LogP contribution in [0.4, 0.5) is 0 Å². The quantitative estimate of drug-likeness (QED) is 0.267. The Morgan fingerprint density at radius 1 is 1.09 bits per heavy atom. The van der Waals surface area contributed by atoms with Gasteiger partial charge in [0, 0.05) is 38.9 Å². The molecule has 2 aromatic carbocycles. The van der Waals surface area contributed by atoms with Crippen LogP contribution < -0.4 is 10.1 Å². The summed E-state index contributed by atoms with van der Waals surface area (Å²) < 4.78 is 17.1. The lowest BCUT2D eigenvalue weighted by Gasteiger charge is -2.23. The molecule has 32 heavy (non-hydrogen) atoms. The Hall–Kier alpha value is -1.55. The van der Waals surface area contributed by atoms with Crippen LogP contribution in [0.25, 0.3) is 0 Å². The van der Waals surface area contributed by atoms with Gasteiger partial charge in [0.05, 0.1) is 19.3 Å². The molecule has 0 aromatic heterocycles. The predicted molar refractivity (Wildman–Crippen MR) is 140 cm³/mol. The Morgan fingerprint density at radius 3 is 2.41 bits per heavy atom. The van der Waals surface area contributed by atoms with Crippen LogP contribution in [-0.4, -0.2) is 57.4 Å². The highest BCUT2D eigenvalue weighted by molar-refractivity contribution is 14.0. The smallest absolute Gasteiger partial charge is 0.193 e. The minimum Gasteiger partial charge on any atom is -0.492 e. The SMILES string of the molecule is CN=C(NCc1ccc(COC2CCOCC2)cc1)N(C)CCOc1ccc(Cl)cc1.I. The third-order valence-corrected chi connectivity index (χ3v) is 5.46. The van der Waals surface area contributed by atoms with Gasteiger partial charge in [-0.3, -0.25) is 4.99 Å². The van der Waals surface area contributed by atoms with E-state index in [1.54, 1.807) is 7.05 Å². The molecule has 3 rings (SSSR count). The molecule has 0 aliphatic carbocycles. The lowest BCUT2D eigenvalue weighted by atomic mass is 10.1. The number of nitrogens with zero attached hydrogens (tertiary/aromatic N) is 2. The first-order chi connectivity index (χ1) is 15.1. The van der Waals surface area contributed by atoms with Crippen molar-refractivity contribution in [2.45, 2.75) is 32.1 Å². The number of hydrogen-bond acceptors (Lipinski definition) is 4. The summed E-state index contributed by atoms with van der Waals surface area (Å²) in [6, 6.07) is 15.9. The number of ether oxygens (including phenoxy) is 3. The Labute approximate surface area is 213 Å². The minimum atomic E-state index is 0. The summed E-state index contributed by atoms with van der Waals surface area (Å²) >= 11 is 5.90. The number of rotatable bonds is 9. The van der Waals surface area contributed by atoms with E-state index in [1.165, 1.54) is 11.1 Å². The lowest BCUT2D eigenvalue weighted by molar-refractivity contribution is -0.0390. The van der Waals surface area contributed by atoms with Gasteiger partial charge in [-0.2, -0.15) is 0 Å². The van der Waals surface area contributed by atoms with Crippen LogP contribution in [0.3, 0.4) is 0 Å². The average Bonchev–Trinajstić information content (AvgIpc) is 2.81. The molecular weight excluding hydrogens is 541 g/mol. The predicted octanol–water partition coefficient (Wildman–Crippen LogP) is 4.74. The van der Waals surface area contributed by atoms with E-state index in [4.69, 9.17) is 25.8 Å². The number of benzene rings is 2. The Bertz CT molecular complexity index is 812. The van der Waals surface area contributed by atoms with Crippen LogP contribution in [-0.2, 0) is 22.6 Å². The molecule has 0 radical (unpaired) electrons. The summed E-state index contributed by atoms with van der Waals surface area (Å²) in [6.45, 7) is 4.23. The summed E-state index contributed by atoms with van der Waals surface area (Å²) in [5.74, 6) is 1.63. The van der Waals surface area contributed by atoms with Crippen LogP contribution in [0.2, 0.25) is 5.02 Å². The normalized spacial score (nSPS) is 14.5. The zero-order valence-electron chi connectivity index (χ0n) is 18.8. The first-order valence-corrected chi connectivity index (χ1v) is 11.1. The van der Waals surface area contributed by atoms with Crippen molar-refractivity contribution in [1.29, 1.82) is 0 Å². The molecule has 0 bridgehead atoms. The molecule has 8 heteroatoms. The maximum Gasteiger partial charge on any atom is 0.193 e. The van der Waals surface area contributed by atoms with E-state index in [1.807, 2.05) is 36.2 Å². The third-order valence-electron chi connectivity index (χ3n) is 5.21. The highest BCUT2D eigenvalue weighted by Gasteiger charge is 2.14. The molecule has 0 saturated carbocycles. The van der Waals surface area contributed by atoms with E-state index in [9.17, 15) is 0 Å². The Kier molecular flexibility index (Phi) is 12.2. The van der Waals surface area contributed by atoms with Gasteiger partial charge < -0.3 is 24.4 Å². The molecule has 6 nitrogen and oxygen atoms in total. The Balaban J connectivity index is 0.00000363. The summed E-state index contributed by atoms with van der Waals surface area (Å²) in [6.07, 6.45) is 2.29. The summed E-state index contributed by atoms with van der Waals surface area (Å²) in [7, 11) is 3.78. The molecule has 0 spiro atoms. The zero-order chi connectivity index (χ0) is 21.9. The van der Waals surface area contributed by atoms with Crippen LogP contribution >= 0.6 is 35.6 Å². The van der Waals surface area contributed by atoms with Crippen molar-refractivity contribution in [2.24, 2.45) is 4.99 Å². The molecule has 176 valence electrons. The lowest BCUT2D eigenvalue weighted by Crippen LogP contribution is -2.40. The minimum absolute atomic E-state index is 0. The molecule has 1 heterocycles. The van der Waals surface area contributed by atoms with Crippen LogP contribution in [0, 0.1) is 0 Å². The number of nitrogens with one attached hydrogen (secondary N) is 1. The fraction of sp³-hybridized carbons (Fsp3) is 0.458. The molecule has 1 saturated heterocycles. The molecule has 0 unspecified atom stereocenters. The van der Waals surface area contributed by atoms with Crippen molar-refractivity contribution in [2.75, 3.05) is 40.5 Å². The second-order valence-electron chi connectivity index (χ2n) is 7.56. The first kappa shape index (κ1) is 26.7. The molecule has 1 N–H and O–H groups in total. The monoisotopic (exact) mass is 573 g/mol. The zero-order valence-corrected chi connectivity index (χ0v) is 21.8. The van der Waals surface area contributed by atoms with E-state index in [-0.39, 0.29) is 24.0 Å². The molecule has 0 atom stereocenters. The fourth-order valence-electron chi connectivity index (χ4n) is 3.31. The van der Waals surface area contributed by atoms with Crippen molar-refractivity contribution in [3.8, 4) is 5.75 Å². The van der Waals surface area contributed by atoms with Gasteiger partial charge in [0.1, 0.15) is 12.4 Å². The van der Waals surface area contributed by atoms with Crippen LogP contribution in [0.1, 0.15) is 24.0 Å². The number of likely N-dealkylation sites (N-methyl/N-ethyl adjacent to an activating group) is 1. The van der Waals surface area contributed by atoms with E-state index in [2.05, 4.69) is 34.6 Å². The molecule has 1 aliphatic rings. The first-order valence-electron chi connectivity index (χ1n) is 10.7. The number of aliphatic imine (C=N–C) groups is 1. The van der Waals surface area contributed by atoms with E-state index in [0.29, 0.717) is 37.4 Å². The van der Waals surface area contributed by atoms with E-state index >= 15 is 0 Å². The maximum absolute atomic E-state index is 5.99. The van der Waals surface area contributed by atoms with Crippen LogP contribution in [0.5, 0.6) is 5.75 Å². The van der Waals surface area contributed by atoms with Gasteiger partial charge in [0.25, 0.3) is 0 Å². The standard InChI is InChI=1S/C24H32ClN3O3.HI/c1-26-24(28(2)13-16-30-22-9-7-21(25)8-10-22)27-17-19-3-5-20(6-4-19)18-31-23-11-14-29-15-12-23;/h3-10,23H,11-18H2,1-2H3,(H,26,27);1H. The third kappa shape index (κ3) is 9.13. The fourth-order valence-corrected chi connectivity index (χ4v) is 3.44. The number of hydrogen-bond donors (Lipinski definition) is 1. The maximum atomic E-state index is 5.99. The van der Waals surface area contributed by atoms with Crippen molar-refractivity contribution >= 4 is 41.5 Å². The second-order valence-corrected chi connectivity index (χ2v) is 8.00. The van der Waals surface area contributed by atoms with Gasteiger partial charge in [-0.25, -0.2) is 0 Å². The van der Waals surface area contributed by atoms with Crippen molar-refractivity contribution in [1.82, 2.24) is 10.2 Å². The largest absolute Gasteiger partial charge is 0.492 e. The average molecular weight is 574 g/mol. The molecule has 0 amide bonds. The van der Waals surface area contributed by atoms with E-state index < -0.39 is 0 Å². The van der Waals surface area contributed by atoms with Crippen LogP contribution in [0.15, 0.2) is 53.5 Å². The van der Waals surface area contributed by atoms with Gasteiger partial charge in [-0.05, 0) is 48.2 Å². The highest BCUT2D eigenvalue weighted by atomic mass is 127. The number of halogens is 2. The van der Waals surface area contributed by atoms with Gasteiger partial charge in [0.15, 0.2) is 5.96 Å². The highest BCUT2D eigenvalue weighted by Crippen LogP contribution is 2.16. The molecule has 1 fully saturated rings. The summed E-state index contributed by atoms with van der Waals surface area (Å²) in [4.78, 5) is 6.41. The summed E-state index contributed by atoms with van der Waals surface area (Å²) in [5.41, 5.74) is 2.39. The van der Waals surface area contributed by atoms with E-state index in [0.717, 1.165) is 37.8 Å². The van der Waals surface area contributed by atoms with Gasteiger partial charge in [0.2, 0.25) is 0 Å². The number of guanidine groups is 1. The topological polar surface area (TPSA) is 55.3 Å². The van der Waals surface area contributed by atoms with Crippen molar-refractivity contribution in [3.05, 3.63) is 64.7 Å². The second kappa shape index (κ2) is 14.6. The summed E-state index contributed by atoms with van der Waals surface area (Å²) in [5, 5.41) is 4.11. The van der Waals surface area contributed by atoms with Crippen molar-refractivity contribution < 1.29 is 14.2 Å². The van der Waals surface area contributed by atoms with Gasteiger partial charge in [-0.1, -0.05) is 35.9 Å². The molecular formula is C24H33ClIN3O3. The van der Waals surface area contributed by atoms with Crippen molar-refractivity contribution in [3.63, 3.8) is 0 Å². The molecule has 2 aromatic rings. The van der Waals surface area contributed by atoms with Gasteiger partial charge in [-0.15, -0.1) is 24.0 Å². The Morgan fingerprint density at radius 2 is 1.75 bits per heavy atom. The van der Waals surface area contributed by atoms with Gasteiger partial charge >= 0.3 is 0 Å². The molecule has 1 aliphatic heterocycles.